The van der Waals surface area contributed by atoms with Crippen molar-refractivity contribution >= 4 is 23.2 Å². The van der Waals surface area contributed by atoms with E-state index in [1.165, 1.54) is 0 Å². The van der Waals surface area contributed by atoms with Crippen LogP contribution in [0.5, 0.6) is 0 Å². The van der Waals surface area contributed by atoms with Gasteiger partial charge < -0.3 is 9.80 Å². The number of carbonyl (C=O) groups is 2. The summed E-state index contributed by atoms with van der Waals surface area (Å²) in [7, 11) is 3.47. The molecule has 1 aromatic heterocycles. The molecule has 2 bridgehead atoms. The van der Waals surface area contributed by atoms with Crippen molar-refractivity contribution in [3.63, 3.8) is 0 Å². The number of hydrogen-bond acceptors (Lipinski definition) is 5. The van der Waals surface area contributed by atoms with E-state index >= 15 is 0 Å². The monoisotopic (exact) mass is 322 g/mol. The number of piperidine rings is 1. The summed E-state index contributed by atoms with van der Waals surface area (Å²) in [6, 6.07) is 0.148. The molecule has 4 rings (SSSR count). The Labute approximate surface area is 134 Å². The van der Waals surface area contributed by atoms with Crippen LogP contribution in [0.3, 0.4) is 0 Å². The highest BCUT2D eigenvalue weighted by atomic mass is 32.1. The SMILES string of the molecule is CN(C)C(=O)CN1C(=O)[C@@H]2CC[C@H]1CN(Cc1nccs1)C2. The van der Waals surface area contributed by atoms with Crippen molar-refractivity contribution in [1.29, 1.82) is 0 Å². The lowest BCUT2D eigenvalue weighted by atomic mass is 9.94. The number of nitrogens with zero attached hydrogens (tertiary/aromatic N) is 4. The Bertz CT molecular complexity index is 546. The Morgan fingerprint density at radius 3 is 2.91 bits per heavy atom. The number of likely N-dealkylation sites (N-methyl/N-ethyl adjacent to an activating group) is 1. The normalized spacial score (nSPS) is 25.4. The first-order valence-corrected chi connectivity index (χ1v) is 8.54. The Hall–Kier alpha value is -1.47. The maximum atomic E-state index is 12.6. The minimum atomic E-state index is -0.00706. The molecule has 2 amide bonds. The molecule has 4 heterocycles. The van der Waals surface area contributed by atoms with Crippen molar-refractivity contribution in [2.75, 3.05) is 33.7 Å². The molecule has 3 fully saturated rings. The topological polar surface area (TPSA) is 56.8 Å². The van der Waals surface area contributed by atoms with Gasteiger partial charge in [0.05, 0.1) is 12.5 Å². The molecule has 3 aliphatic heterocycles. The summed E-state index contributed by atoms with van der Waals surface area (Å²) in [6.45, 7) is 2.62. The number of carbonyl (C=O) groups excluding carboxylic acids is 2. The molecule has 6 nitrogen and oxygen atoms in total. The highest BCUT2D eigenvalue weighted by molar-refractivity contribution is 7.09. The van der Waals surface area contributed by atoms with E-state index in [1.807, 2.05) is 11.6 Å². The molecule has 0 saturated carbocycles. The molecular weight excluding hydrogens is 300 g/mol. The summed E-state index contributed by atoms with van der Waals surface area (Å²) >= 11 is 1.65. The molecule has 0 radical (unpaired) electrons. The lowest BCUT2D eigenvalue weighted by Gasteiger charge is -2.36. The van der Waals surface area contributed by atoms with Gasteiger partial charge in [-0.1, -0.05) is 0 Å². The molecule has 0 N–H and O–H groups in total. The van der Waals surface area contributed by atoms with Crippen molar-refractivity contribution in [2.45, 2.75) is 25.4 Å². The van der Waals surface area contributed by atoms with Gasteiger partial charge in [0.2, 0.25) is 11.8 Å². The van der Waals surface area contributed by atoms with Crippen LogP contribution in [0.25, 0.3) is 0 Å². The highest BCUT2D eigenvalue weighted by Gasteiger charge is 2.41. The average Bonchev–Trinajstić information content (AvgIpc) is 2.85. The summed E-state index contributed by atoms with van der Waals surface area (Å²) in [6.07, 6.45) is 3.75. The summed E-state index contributed by atoms with van der Waals surface area (Å²) in [5.41, 5.74) is 0. The van der Waals surface area contributed by atoms with Crippen LogP contribution >= 0.6 is 11.3 Å². The number of amides is 2. The Kier molecular flexibility index (Phi) is 4.44. The van der Waals surface area contributed by atoms with Gasteiger partial charge in [0.15, 0.2) is 0 Å². The molecule has 0 unspecified atom stereocenters. The largest absolute Gasteiger partial charge is 0.347 e. The van der Waals surface area contributed by atoms with Crippen molar-refractivity contribution in [1.82, 2.24) is 19.7 Å². The quantitative estimate of drug-likeness (QED) is 0.817. The van der Waals surface area contributed by atoms with E-state index in [2.05, 4.69) is 9.88 Å². The summed E-state index contributed by atoms with van der Waals surface area (Å²) in [4.78, 5) is 34.6. The molecular formula is C15H22N4O2S. The van der Waals surface area contributed by atoms with Crippen molar-refractivity contribution in [3.05, 3.63) is 16.6 Å². The molecule has 0 spiro atoms. The zero-order chi connectivity index (χ0) is 15.7. The average molecular weight is 322 g/mol. The second-order valence-corrected chi connectivity index (χ2v) is 7.28. The van der Waals surface area contributed by atoms with Gasteiger partial charge in [0.25, 0.3) is 0 Å². The smallest absolute Gasteiger partial charge is 0.241 e. The second-order valence-electron chi connectivity index (χ2n) is 6.30. The zero-order valence-electron chi connectivity index (χ0n) is 13.1. The Morgan fingerprint density at radius 1 is 1.41 bits per heavy atom. The lowest BCUT2D eigenvalue weighted by Crippen LogP contribution is -2.51. The van der Waals surface area contributed by atoms with Crippen LogP contribution in [0, 0.1) is 5.92 Å². The minimum absolute atomic E-state index is 0.00706. The van der Waals surface area contributed by atoms with Gasteiger partial charge in [0.1, 0.15) is 11.6 Å². The van der Waals surface area contributed by atoms with E-state index in [4.69, 9.17) is 0 Å². The van der Waals surface area contributed by atoms with E-state index < -0.39 is 0 Å². The number of aromatic nitrogens is 1. The van der Waals surface area contributed by atoms with Crippen molar-refractivity contribution < 1.29 is 9.59 Å². The lowest BCUT2D eigenvalue weighted by molar-refractivity contribution is -0.145. The summed E-state index contributed by atoms with van der Waals surface area (Å²) in [5.74, 6) is 0.161. The molecule has 0 aliphatic carbocycles. The number of rotatable bonds is 4. The third kappa shape index (κ3) is 3.15. The van der Waals surface area contributed by atoms with Crippen LogP contribution in [0.15, 0.2) is 11.6 Å². The van der Waals surface area contributed by atoms with E-state index in [0.717, 1.165) is 37.5 Å². The fourth-order valence-electron chi connectivity index (χ4n) is 3.28. The van der Waals surface area contributed by atoms with Crippen LogP contribution in [0.1, 0.15) is 17.8 Å². The fourth-order valence-corrected chi connectivity index (χ4v) is 3.93. The number of fused-ring (bicyclic) bond motifs is 4. The molecule has 22 heavy (non-hydrogen) atoms. The van der Waals surface area contributed by atoms with Crippen LogP contribution in [0.2, 0.25) is 0 Å². The third-order valence-corrected chi connectivity index (χ3v) is 5.28. The highest BCUT2D eigenvalue weighted by Crippen LogP contribution is 2.30. The van der Waals surface area contributed by atoms with Gasteiger partial charge in [-0.15, -0.1) is 11.3 Å². The first kappa shape index (κ1) is 15.4. The molecule has 2 atom stereocenters. The van der Waals surface area contributed by atoms with Crippen LogP contribution in [0.4, 0.5) is 0 Å². The maximum Gasteiger partial charge on any atom is 0.241 e. The van der Waals surface area contributed by atoms with Crippen molar-refractivity contribution in [2.24, 2.45) is 5.92 Å². The Balaban J connectivity index is 1.71. The van der Waals surface area contributed by atoms with Crippen LogP contribution < -0.4 is 0 Å². The van der Waals surface area contributed by atoms with Gasteiger partial charge >= 0.3 is 0 Å². The molecule has 120 valence electrons. The summed E-state index contributed by atoms with van der Waals surface area (Å²) < 4.78 is 0. The van der Waals surface area contributed by atoms with Gasteiger partial charge in [0, 0.05) is 44.8 Å². The van der Waals surface area contributed by atoms with Gasteiger partial charge in [-0.25, -0.2) is 4.98 Å². The van der Waals surface area contributed by atoms with Crippen molar-refractivity contribution in [3.8, 4) is 0 Å². The zero-order valence-corrected chi connectivity index (χ0v) is 13.9. The first-order valence-electron chi connectivity index (χ1n) is 7.66. The van der Waals surface area contributed by atoms with Gasteiger partial charge in [-0.2, -0.15) is 0 Å². The van der Waals surface area contributed by atoms with E-state index in [1.54, 1.807) is 35.2 Å². The number of hydrogen-bond donors (Lipinski definition) is 0. The molecule has 3 aliphatic rings. The predicted molar refractivity (Wildman–Crippen MR) is 84.3 cm³/mol. The fraction of sp³-hybridized carbons (Fsp3) is 0.667. The van der Waals surface area contributed by atoms with Gasteiger partial charge in [-0.05, 0) is 12.8 Å². The van der Waals surface area contributed by atoms with E-state index in [9.17, 15) is 9.59 Å². The molecule has 0 aromatic carbocycles. The standard InChI is InChI=1S/C15H22N4O2S/c1-17(2)14(20)10-19-12-4-3-11(15(19)21)7-18(8-12)9-13-16-5-6-22-13/h5-6,11-12H,3-4,7-10H2,1-2H3/t11-,12+/m1/s1. The van der Waals surface area contributed by atoms with E-state index in [-0.39, 0.29) is 30.3 Å². The van der Waals surface area contributed by atoms with E-state index in [0.29, 0.717) is 0 Å². The summed E-state index contributed by atoms with van der Waals surface area (Å²) in [5, 5.41) is 3.07. The molecule has 1 aromatic rings. The second kappa shape index (κ2) is 6.34. The Morgan fingerprint density at radius 2 is 2.23 bits per heavy atom. The van der Waals surface area contributed by atoms with Crippen LogP contribution in [-0.2, 0) is 16.1 Å². The minimum Gasteiger partial charge on any atom is -0.347 e. The predicted octanol–water partition coefficient (Wildman–Crippen LogP) is 0.654. The van der Waals surface area contributed by atoms with Gasteiger partial charge in [-0.3, -0.25) is 14.5 Å². The third-order valence-electron chi connectivity index (χ3n) is 4.52. The van der Waals surface area contributed by atoms with Crippen LogP contribution in [-0.4, -0.2) is 71.3 Å². The number of thiazole rings is 1. The molecule has 7 heteroatoms. The molecule has 3 saturated heterocycles. The first-order chi connectivity index (χ1) is 10.5. The maximum absolute atomic E-state index is 12.6.